The van der Waals surface area contributed by atoms with Crippen molar-refractivity contribution >= 4 is 11.8 Å². The SMILES string of the molecule is O=C1CCCN1CC(=O)N1CCC(O)(CN2CCc3ccccc3C2)C1. The van der Waals surface area contributed by atoms with Crippen molar-refractivity contribution in [2.45, 2.75) is 37.8 Å². The topological polar surface area (TPSA) is 64.1 Å². The van der Waals surface area contributed by atoms with Crippen molar-refractivity contribution in [3.63, 3.8) is 0 Å². The third-order valence-corrected chi connectivity index (χ3v) is 5.91. The lowest BCUT2D eigenvalue weighted by Crippen LogP contribution is -2.48. The monoisotopic (exact) mass is 357 g/mol. The molecule has 0 saturated carbocycles. The molecule has 140 valence electrons. The van der Waals surface area contributed by atoms with E-state index in [1.807, 2.05) is 0 Å². The normalized spacial score (nSPS) is 26.4. The zero-order chi connectivity index (χ0) is 18.1. The molecule has 2 saturated heterocycles. The molecule has 3 heterocycles. The van der Waals surface area contributed by atoms with Crippen LogP contribution in [0.3, 0.4) is 0 Å². The summed E-state index contributed by atoms with van der Waals surface area (Å²) < 4.78 is 0. The Bertz CT molecular complexity index is 707. The van der Waals surface area contributed by atoms with E-state index in [1.54, 1.807) is 9.80 Å². The van der Waals surface area contributed by atoms with E-state index in [2.05, 4.69) is 29.2 Å². The van der Waals surface area contributed by atoms with Crippen molar-refractivity contribution in [3.05, 3.63) is 35.4 Å². The number of β-amino-alcohol motifs (C(OH)–C–C–N with tert-alkyl or cyclic N) is 1. The van der Waals surface area contributed by atoms with E-state index in [0.29, 0.717) is 39.0 Å². The number of hydrogen-bond acceptors (Lipinski definition) is 4. The summed E-state index contributed by atoms with van der Waals surface area (Å²) >= 11 is 0. The molecule has 1 N–H and O–H groups in total. The van der Waals surface area contributed by atoms with Gasteiger partial charge in [-0.25, -0.2) is 0 Å². The number of aliphatic hydroxyl groups is 1. The first-order chi connectivity index (χ1) is 12.5. The van der Waals surface area contributed by atoms with Crippen LogP contribution in [-0.4, -0.2) is 76.5 Å². The molecular formula is C20H27N3O3. The quantitative estimate of drug-likeness (QED) is 0.859. The van der Waals surface area contributed by atoms with Crippen molar-refractivity contribution in [2.75, 3.05) is 39.3 Å². The first-order valence-corrected chi connectivity index (χ1v) is 9.59. The van der Waals surface area contributed by atoms with Gasteiger partial charge in [-0.15, -0.1) is 0 Å². The highest BCUT2D eigenvalue weighted by Gasteiger charge is 2.40. The van der Waals surface area contributed by atoms with Crippen molar-refractivity contribution in [1.29, 1.82) is 0 Å². The Hall–Kier alpha value is -1.92. The number of carbonyl (C=O) groups is 2. The predicted molar refractivity (Wildman–Crippen MR) is 97.4 cm³/mol. The molecule has 0 aromatic heterocycles. The second-order valence-corrected chi connectivity index (χ2v) is 7.94. The van der Waals surface area contributed by atoms with Crippen molar-refractivity contribution in [2.24, 2.45) is 0 Å². The number of rotatable bonds is 4. The Morgan fingerprint density at radius 2 is 1.92 bits per heavy atom. The molecule has 2 amide bonds. The van der Waals surface area contributed by atoms with Crippen LogP contribution in [-0.2, 0) is 22.6 Å². The molecule has 6 nitrogen and oxygen atoms in total. The molecule has 1 aromatic rings. The van der Waals surface area contributed by atoms with Gasteiger partial charge in [-0.2, -0.15) is 0 Å². The average molecular weight is 357 g/mol. The molecule has 1 unspecified atom stereocenters. The van der Waals surface area contributed by atoms with Gasteiger partial charge in [-0.3, -0.25) is 14.5 Å². The van der Waals surface area contributed by atoms with Gasteiger partial charge in [0.25, 0.3) is 0 Å². The van der Waals surface area contributed by atoms with Gasteiger partial charge < -0.3 is 14.9 Å². The molecule has 3 aliphatic heterocycles. The Kier molecular flexibility index (Phi) is 4.71. The van der Waals surface area contributed by atoms with Gasteiger partial charge in [0.2, 0.25) is 11.8 Å². The highest BCUT2D eigenvalue weighted by Crippen LogP contribution is 2.26. The molecule has 2 fully saturated rings. The van der Waals surface area contributed by atoms with Gasteiger partial charge in [0.15, 0.2) is 0 Å². The lowest BCUT2D eigenvalue weighted by Gasteiger charge is -2.34. The molecule has 0 aliphatic carbocycles. The van der Waals surface area contributed by atoms with Crippen LogP contribution in [0.2, 0.25) is 0 Å². The highest BCUT2D eigenvalue weighted by atomic mass is 16.3. The van der Waals surface area contributed by atoms with Crippen LogP contribution < -0.4 is 0 Å². The number of fused-ring (bicyclic) bond motifs is 1. The zero-order valence-corrected chi connectivity index (χ0v) is 15.2. The van der Waals surface area contributed by atoms with Gasteiger partial charge in [-0.1, -0.05) is 24.3 Å². The maximum atomic E-state index is 12.5. The highest BCUT2D eigenvalue weighted by molar-refractivity contribution is 5.86. The minimum atomic E-state index is -0.850. The number of carbonyl (C=O) groups excluding carboxylic acids is 2. The first-order valence-electron chi connectivity index (χ1n) is 9.59. The van der Waals surface area contributed by atoms with E-state index in [9.17, 15) is 14.7 Å². The van der Waals surface area contributed by atoms with E-state index in [1.165, 1.54) is 11.1 Å². The fourth-order valence-corrected chi connectivity index (χ4v) is 4.44. The summed E-state index contributed by atoms with van der Waals surface area (Å²) in [4.78, 5) is 29.9. The minimum absolute atomic E-state index is 0.0415. The summed E-state index contributed by atoms with van der Waals surface area (Å²) in [5.41, 5.74) is 1.88. The third kappa shape index (κ3) is 3.62. The van der Waals surface area contributed by atoms with E-state index in [-0.39, 0.29) is 18.4 Å². The molecule has 6 heteroatoms. The van der Waals surface area contributed by atoms with Crippen molar-refractivity contribution in [3.8, 4) is 0 Å². The van der Waals surface area contributed by atoms with Crippen molar-refractivity contribution < 1.29 is 14.7 Å². The number of hydrogen-bond donors (Lipinski definition) is 1. The molecular weight excluding hydrogens is 330 g/mol. The smallest absolute Gasteiger partial charge is 0.242 e. The number of nitrogens with zero attached hydrogens (tertiary/aromatic N) is 3. The van der Waals surface area contributed by atoms with E-state index >= 15 is 0 Å². The van der Waals surface area contributed by atoms with Crippen LogP contribution in [0.4, 0.5) is 0 Å². The summed E-state index contributed by atoms with van der Waals surface area (Å²) in [7, 11) is 0. The van der Waals surface area contributed by atoms with Crippen LogP contribution >= 0.6 is 0 Å². The molecule has 3 aliphatic rings. The molecule has 4 rings (SSSR count). The first kappa shape index (κ1) is 17.5. The molecule has 1 atom stereocenters. The van der Waals surface area contributed by atoms with Crippen LogP contribution in [0.1, 0.15) is 30.4 Å². The number of benzene rings is 1. The van der Waals surface area contributed by atoms with Crippen LogP contribution in [0.5, 0.6) is 0 Å². The number of amides is 2. The average Bonchev–Trinajstić information content (AvgIpc) is 3.21. The van der Waals surface area contributed by atoms with E-state index in [0.717, 1.165) is 25.9 Å². The zero-order valence-electron chi connectivity index (χ0n) is 15.2. The van der Waals surface area contributed by atoms with Crippen LogP contribution in [0, 0.1) is 0 Å². The van der Waals surface area contributed by atoms with Gasteiger partial charge in [0, 0.05) is 39.1 Å². The largest absolute Gasteiger partial charge is 0.387 e. The summed E-state index contributed by atoms with van der Waals surface area (Å²) in [6.45, 7) is 4.16. The maximum Gasteiger partial charge on any atom is 0.242 e. The standard InChI is InChI=1S/C20H27N3O3/c24-18-6-3-9-22(18)13-19(25)23-11-8-20(26,15-23)14-21-10-7-16-4-1-2-5-17(16)12-21/h1-2,4-5,26H,3,6-15H2. The Balaban J connectivity index is 1.32. The Morgan fingerprint density at radius 3 is 2.69 bits per heavy atom. The van der Waals surface area contributed by atoms with E-state index in [4.69, 9.17) is 0 Å². The van der Waals surface area contributed by atoms with Gasteiger partial charge >= 0.3 is 0 Å². The number of likely N-dealkylation sites (tertiary alicyclic amines) is 2. The molecule has 26 heavy (non-hydrogen) atoms. The summed E-state index contributed by atoms with van der Waals surface area (Å²) in [5, 5.41) is 11.0. The Morgan fingerprint density at radius 1 is 1.12 bits per heavy atom. The summed E-state index contributed by atoms with van der Waals surface area (Å²) in [6, 6.07) is 8.47. The fourth-order valence-electron chi connectivity index (χ4n) is 4.44. The minimum Gasteiger partial charge on any atom is -0.387 e. The lowest BCUT2D eigenvalue weighted by molar-refractivity contribution is -0.138. The summed E-state index contributed by atoms with van der Waals surface area (Å²) in [5.74, 6) is 0.0277. The maximum absolute atomic E-state index is 12.5. The fraction of sp³-hybridized carbons (Fsp3) is 0.600. The van der Waals surface area contributed by atoms with Crippen LogP contribution in [0.25, 0.3) is 0 Å². The van der Waals surface area contributed by atoms with Gasteiger partial charge in [0.1, 0.15) is 0 Å². The van der Waals surface area contributed by atoms with Gasteiger partial charge in [0.05, 0.1) is 18.7 Å². The lowest BCUT2D eigenvalue weighted by atomic mass is 9.97. The third-order valence-electron chi connectivity index (χ3n) is 5.91. The molecule has 1 aromatic carbocycles. The van der Waals surface area contributed by atoms with Crippen LogP contribution in [0.15, 0.2) is 24.3 Å². The molecule has 0 bridgehead atoms. The summed E-state index contributed by atoms with van der Waals surface area (Å²) in [6.07, 6.45) is 3.00. The predicted octanol–water partition coefficient (Wildman–Crippen LogP) is 0.631. The Labute approximate surface area is 154 Å². The molecule has 0 radical (unpaired) electrons. The van der Waals surface area contributed by atoms with Crippen molar-refractivity contribution in [1.82, 2.24) is 14.7 Å². The van der Waals surface area contributed by atoms with Gasteiger partial charge in [-0.05, 0) is 30.4 Å². The molecule has 0 spiro atoms. The van der Waals surface area contributed by atoms with E-state index < -0.39 is 5.60 Å². The second kappa shape index (κ2) is 7.00. The second-order valence-electron chi connectivity index (χ2n) is 7.94.